The normalized spacial score (nSPS) is 10.5. The number of amides is 1. The Kier molecular flexibility index (Phi) is 4.33. The van der Waals surface area contributed by atoms with Gasteiger partial charge in [-0.3, -0.25) is 4.79 Å². The molecule has 0 spiro atoms. The predicted molar refractivity (Wildman–Crippen MR) is 87.6 cm³/mol. The van der Waals surface area contributed by atoms with Crippen molar-refractivity contribution in [2.24, 2.45) is 0 Å². The lowest BCUT2D eigenvalue weighted by molar-refractivity contribution is 0.102. The van der Waals surface area contributed by atoms with Crippen molar-refractivity contribution >= 4 is 46.5 Å². The molecule has 0 radical (unpaired) electrons. The highest BCUT2D eigenvalue weighted by atomic mass is 35.5. The lowest BCUT2D eigenvalue weighted by Crippen LogP contribution is -2.14. The Morgan fingerprint density at radius 1 is 1.05 bits per heavy atom. The minimum absolute atomic E-state index is 0.240. The van der Waals surface area contributed by atoms with Crippen LogP contribution in [-0.4, -0.2) is 20.5 Å². The predicted octanol–water partition coefficient (Wildman–Crippen LogP) is 4.16. The number of carbonyl (C=O) groups is 1. The number of benzene rings is 1. The molecule has 0 fully saturated rings. The van der Waals surface area contributed by atoms with Gasteiger partial charge in [-0.2, -0.15) is 0 Å². The first-order valence-electron chi connectivity index (χ1n) is 6.14. The Balaban J connectivity index is 1.86. The monoisotopic (exact) mass is 350 g/mol. The summed E-state index contributed by atoms with van der Waals surface area (Å²) in [6.07, 6.45) is 1.45. The molecule has 22 heavy (non-hydrogen) atoms. The first-order chi connectivity index (χ1) is 10.6. The van der Waals surface area contributed by atoms with E-state index >= 15 is 0 Å². The molecule has 0 bridgehead atoms. The van der Waals surface area contributed by atoms with Crippen LogP contribution in [0.15, 0.2) is 42.6 Å². The van der Waals surface area contributed by atoms with E-state index in [2.05, 4.69) is 19.9 Å². The van der Waals surface area contributed by atoms with Crippen LogP contribution in [0.1, 0.15) is 10.5 Å². The van der Waals surface area contributed by atoms with Gasteiger partial charge in [-0.1, -0.05) is 39.8 Å². The zero-order valence-electron chi connectivity index (χ0n) is 11.0. The Labute approximate surface area is 140 Å². The highest BCUT2D eigenvalue weighted by Gasteiger charge is 2.18. The van der Waals surface area contributed by atoms with Crippen molar-refractivity contribution in [1.29, 1.82) is 0 Å². The van der Waals surface area contributed by atoms with Gasteiger partial charge in [0.25, 0.3) is 5.91 Å². The summed E-state index contributed by atoms with van der Waals surface area (Å²) in [5.74, 6) is 0.0120. The maximum Gasteiger partial charge on any atom is 0.278 e. The lowest BCUT2D eigenvalue weighted by atomic mass is 10.1. The number of aromatic nitrogens is 3. The Morgan fingerprint density at radius 3 is 2.45 bits per heavy atom. The van der Waals surface area contributed by atoms with Gasteiger partial charge in [0.2, 0.25) is 0 Å². The molecule has 1 amide bonds. The van der Waals surface area contributed by atoms with E-state index in [1.54, 1.807) is 24.3 Å². The molecule has 2 aromatic heterocycles. The lowest BCUT2D eigenvalue weighted by Gasteiger charge is -2.04. The van der Waals surface area contributed by atoms with E-state index in [1.807, 2.05) is 12.1 Å². The van der Waals surface area contributed by atoms with Gasteiger partial charge in [0.05, 0.1) is 9.90 Å². The molecule has 5 nitrogen and oxygen atoms in total. The highest BCUT2D eigenvalue weighted by Crippen LogP contribution is 2.27. The third kappa shape index (κ3) is 3.24. The van der Waals surface area contributed by atoms with Crippen LogP contribution < -0.4 is 5.32 Å². The molecule has 0 aliphatic rings. The first-order valence-corrected chi connectivity index (χ1v) is 7.67. The molecule has 1 aromatic carbocycles. The number of halogens is 2. The maximum atomic E-state index is 12.3. The van der Waals surface area contributed by atoms with E-state index in [4.69, 9.17) is 23.2 Å². The van der Waals surface area contributed by atoms with Gasteiger partial charge in [-0.15, -0.1) is 5.10 Å². The number of nitrogens with zero attached hydrogens (tertiary/aromatic N) is 3. The van der Waals surface area contributed by atoms with Crippen LogP contribution in [0.5, 0.6) is 0 Å². The smallest absolute Gasteiger partial charge is 0.278 e. The largest absolute Gasteiger partial charge is 0.305 e. The highest BCUT2D eigenvalue weighted by molar-refractivity contribution is 7.09. The fourth-order valence-electron chi connectivity index (χ4n) is 1.76. The van der Waals surface area contributed by atoms with Crippen LogP contribution in [0.2, 0.25) is 10.0 Å². The van der Waals surface area contributed by atoms with Crippen molar-refractivity contribution in [2.75, 3.05) is 5.32 Å². The standard InChI is InChI=1S/C14H8Cl2N4OS/c15-9-3-1-8(2-4-9)13-12(19-20-22-13)14(21)18-11-6-5-10(16)7-17-11/h1-7H,(H,17,18,21). The van der Waals surface area contributed by atoms with Crippen LogP contribution in [-0.2, 0) is 0 Å². The van der Waals surface area contributed by atoms with E-state index in [0.29, 0.717) is 20.7 Å². The number of rotatable bonds is 3. The molecule has 3 rings (SSSR count). The molecule has 3 aromatic rings. The average molecular weight is 351 g/mol. The van der Waals surface area contributed by atoms with Crippen molar-refractivity contribution < 1.29 is 4.79 Å². The number of hydrogen-bond donors (Lipinski definition) is 1. The molecule has 0 aliphatic carbocycles. The van der Waals surface area contributed by atoms with Crippen LogP contribution in [0.3, 0.4) is 0 Å². The van der Waals surface area contributed by atoms with E-state index in [1.165, 1.54) is 6.20 Å². The van der Waals surface area contributed by atoms with Gasteiger partial charge < -0.3 is 5.32 Å². The minimum Gasteiger partial charge on any atom is -0.305 e. The third-order valence-electron chi connectivity index (χ3n) is 2.78. The van der Waals surface area contributed by atoms with Crippen molar-refractivity contribution in [3.8, 4) is 10.4 Å². The Hall–Kier alpha value is -2.02. The van der Waals surface area contributed by atoms with Gasteiger partial charge >= 0.3 is 0 Å². The van der Waals surface area contributed by atoms with Gasteiger partial charge in [-0.25, -0.2) is 4.98 Å². The van der Waals surface area contributed by atoms with Crippen molar-refractivity contribution in [2.45, 2.75) is 0 Å². The molecule has 0 atom stereocenters. The van der Waals surface area contributed by atoms with Crippen molar-refractivity contribution in [3.63, 3.8) is 0 Å². The Morgan fingerprint density at radius 2 is 1.77 bits per heavy atom. The van der Waals surface area contributed by atoms with Crippen molar-refractivity contribution in [1.82, 2.24) is 14.6 Å². The van der Waals surface area contributed by atoms with Gasteiger partial charge in [0.1, 0.15) is 5.82 Å². The molecular formula is C14H8Cl2N4OS. The molecule has 0 saturated heterocycles. The maximum absolute atomic E-state index is 12.3. The molecule has 2 heterocycles. The summed E-state index contributed by atoms with van der Waals surface area (Å²) in [6, 6.07) is 10.4. The van der Waals surface area contributed by atoms with E-state index < -0.39 is 0 Å². The second kappa shape index (κ2) is 6.39. The summed E-state index contributed by atoms with van der Waals surface area (Å²) in [5.41, 5.74) is 1.07. The number of anilines is 1. The summed E-state index contributed by atoms with van der Waals surface area (Å²) in [5, 5.41) is 7.68. The summed E-state index contributed by atoms with van der Waals surface area (Å²) < 4.78 is 3.85. The second-order valence-corrected chi connectivity index (χ2v) is 5.90. The summed E-state index contributed by atoms with van der Waals surface area (Å²) in [6.45, 7) is 0. The van der Waals surface area contributed by atoms with Crippen LogP contribution >= 0.6 is 34.7 Å². The number of nitrogens with one attached hydrogen (secondary N) is 1. The summed E-state index contributed by atoms with van der Waals surface area (Å²) >= 11 is 12.8. The SMILES string of the molecule is O=C(Nc1ccc(Cl)cn1)c1nnsc1-c1ccc(Cl)cc1. The van der Waals surface area contributed by atoms with E-state index in [-0.39, 0.29) is 11.6 Å². The van der Waals surface area contributed by atoms with E-state index in [9.17, 15) is 4.79 Å². The second-order valence-electron chi connectivity index (χ2n) is 4.27. The molecule has 0 saturated carbocycles. The summed E-state index contributed by atoms with van der Waals surface area (Å²) in [7, 11) is 0. The van der Waals surface area contributed by atoms with Crippen molar-refractivity contribution in [3.05, 3.63) is 58.3 Å². The zero-order chi connectivity index (χ0) is 15.5. The number of carbonyl (C=O) groups excluding carboxylic acids is 1. The third-order valence-corrected chi connectivity index (χ3v) is 4.03. The van der Waals surface area contributed by atoms with Crippen LogP contribution in [0.4, 0.5) is 5.82 Å². The molecule has 0 aliphatic heterocycles. The Bertz CT molecular complexity index is 802. The van der Waals surface area contributed by atoms with E-state index in [0.717, 1.165) is 17.1 Å². The van der Waals surface area contributed by atoms with Crippen LogP contribution in [0.25, 0.3) is 10.4 Å². The molecule has 0 unspecified atom stereocenters. The molecule has 110 valence electrons. The quantitative estimate of drug-likeness (QED) is 0.769. The molecule has 1 N–H and O–H groups in total. The summed E-state index contributed by atoms with van der Waals surface area (Å²) in [4.78, 5) is 17.0. The van der Waals surface area contributed by atoms with Gasteiger partial charge in [0, 0.05) is 11.2 Å². The van der Waals surface area contributed by atoms with Gasteiger partial charge in [-0.05, 0) is 41.4 Å². The zero-order valence-corrected chi connectivity index (χ0v) is 13.3. The van der Waals surface area contributed by atoms with Crippen LogP contribution in [0, 0.1) is 0 Å². The molecule has 8 heteroatoms. The van der Waals surface area contributed by atoms with Gasteiger partial charge in [0.15, 0.2) is 5.69 Å². The topological polar surface area (TPSA) is 67.8 Å². The first kappa shape index (κ1) is 14.9. The number of hydrogen-bond acceptors (Lipinski definition) is 5. The fraction of sp³-hybridized carbons (Fsp3) is 0. The number of pyridine rings is 1. The molecular weight excluding hydrogens is 343 g/mol. The fourth-order valence-corrected chi connectivity index (χ4v) is 2.66. The average Bonchev–Trinajstić information content (AvgIpc) is 3.00. The minimum atomic E-state index is -0.381.